The Kier molecular flexibility index (Phi) is 6.28. The number of benzene rings is 2. The molecule has 0 unspecified atom stereocenters. The number of aliphatic hydroxyl groups is 1. The Labute approximate surface area is 152 Å². The van der Waals surface area contributed by atoms with E-state index >= 15 is 0 Å². The monoisotopic (exact) mass is 337 g/mol. The number of aliphatic hydroxyl groups excluding tert-OH is 1. The molecular weight excluding hydrogens is 306 g/mol. The molecule has 1 N–H and O–H groups in total. The first-order valence-corrected chi connectivity index (χ1v) is 9.72. The maximum atomic E-state index is 11.0. The lowest BCUT2D eigenvalue weighted by atomic mass is 9.76. The van der Waals surface area contributed by atoms with E-state index in [1.165, 1.54) is 30.4 Å². The van der Waals surface area contributed by atoms with Crippen LogP contribution >= 0.6 is 0 Å². The molecule has 0 saturated carbocycles. The molecule has 0 radical (unpaired) electrons. The average Bonchev–Trinajstić information content (AvgIpc) is 2.66. The van der Waals surface area contributed by atoms with Gasteiger partial charge in [0, 0.05) is 18.0 Å². The molecule has 1 heterocycles. The highest BCUT2D eigenvalue weighted by molar-refractivity contribution is 5.25. The minimum Gasteiger partial charge on any atom is -0.393 e. The summed E-state index contributed by atoms with van der Waals surface area (Å²) >= 11 is 0. The summed E-state index contributed by atoms with van der Waals surface area (Å²) < 4.78 is 0. The number of nitrogens with zero attached hydrogens (tertiary/aromatic N) is 1. The smallest absolute Gasteiger partial charge is 0.0604 e. The van der Waals surface area contributed by atoms with Crippen molar-refractivity contribution in [3.05, 3.63) is 71.8 Å². The lowest BCUT2D eigenvalue weighted by Crippen LogP contribution is -2.45. The van der Waals surface area contributed by atoms with Gasteiger partial charge >= 0.3 is 0 Å². The van der Waals surface area contributed by atoms with Crippen molar-refractivity contribution in [3.63, 3.8) is 0 Å². The van der Waals surface area contributed by atoms with E-state index < -0.39 is 0 Å². The van der Waals surface area contributed by atoms with Crippen molar-refractivity contribution in [3.8, 4) is 0 Å². The second kappa shape index (κ2) is 8.64. The van der Waals surface area contributed by atoms with Crippen LogP contribution in [-0.2, 0) is 0 Å². The van der Waals surface area contributed by atoms with Crippen LogP contribution in [-0.4, -0.2) is 23.2 Å². The second-order valence-electron chi connectivity index (χ2n) is 7.41. The standard InChI is InChI=1S/C23H31NO/c1-3-4-7-16-20-22(25)17-21(18-12-8-5-9-13-18)24(2)23(20)19-14-10-6-11-15-19/h5-6,8-15,20-23,25H,3-4,7,16-17H2,1-2H3/t20-,21+,22-,23+/m0/s1. The quantitative estimate of drug-likeness (QED) is 0.717. The molecule has 0 aliphatic carbocycles. The minimum atomic E-state index is -0.247. The van der Waals surface area contributed by atoms with Crippen molar-refractivity contribution in [2.24, 2.45) is 5.92 Å². The number of likely N-dealkylation sites (tertiary alicyclic amines) is 1. The van der Waals surface area contributed by atoms with E-state index in [1.54, 1.807) is 0 Å². The van der Waals surface area contributed by atoms with Crippen LogP contribution in [0.5, 0.6) is 0 Å². The van der Waals surface area contributed by atoms with Crippen LogP contribution in [0.1, 0.15) is 62.2 Å². The van der Waals surface area contributed by atoms with E-state index in [0.29, 0.717) is 5.92 Å². The van der Waals surface area contributed by atoms with E-state index in [-0.39, 0.29) is 18.2 Å². The highest BCUT2D eigenvalue weighted by Crippen LogP contribution is 2.45. The first-order chi connectivity index (χ1) is 12.2. The Morgan fingerprint density at radius 3 is 2.12 bits per heavy atom. The molecule has 0 bridgehead atoms. The lowest BCUT2D eigenvalue weighted by Gasteiger charge is -2.47. The van der Waals surface area contributed by atoms with Crippen molar-refractivity contribution in [2.45, 2.75) is 57.2 Å². The van der Waals surface area contributed by atoms with Gasteiger partial charge in [0.15, 0.2) is 0 Å². The molecule has 0 amide bonds. The van der Waals surface area contributed by atoms with Crippen LogP contribution in [0.4, 0.5) is 0 Å². The number of hydrogen-bond acceptors (Lipinski definition) is 2. The van der Waals surface area contributed by atoms with Crippen molar-refractivity contribution >= 4 is 0 Å². The van der Waals surface area contributed by atoms with Crippen molar-refractivity contribution in [1.82, 2.24) is 4.90 Å². The van der Waals surface area contributed by atoms with Gasteiger partial charge in [-0.25, -0.2) is 0 Å². The minimum absolute atomic E-state index is 0.247. The van der Waals surface area contributed by atoms with Gasteiger partial charge in [-0.15, -0.1) is 0 Å². The Morgan fingerprint density at radius 2 is 1.52 bits per heavy atom. The van der Waals surface area contributed by atoms with Crippen molar-refractivity contribution < 1.29 is 5.11 Å². The van der Waals surface area contributed by atoms with Gasteiger partial charge in [0.1, 0.15) is 0 Å². The maximum Gasteiger partial charge on any atom is 0.0604 e. The lowest BCUT2D eigenvalue weighted by molar-refractivity contribution is -0.0445. The van der Waals surface area contributed by atoms with Crippen LogP contribution in [0.15, 0.2) is 60.7 Å². The Morgan fingerprint density at radius 1 is 0.920 bits per heavy atom. The van der Waals surface area contributed by atoms with Gasteiger partial charge in [0.25, 0.3) is 0 Å². The Balaban J connectivity index is 1.90. The highest BCUT2D eigenvalue weighted by Gasteiger charge is 2.41. The summed E-state index contributed by atoms with van der Waals surface area (Å²) in [6.45, 7) is 2.24. The molecule has 1 aliphatic heterocycles. The maximum absolute atomic E-state index is 11.0. The topological polar surface area (TPSA) is 23.5 Å². The van der Waals surface area contributed by atoms with Crippen LogP contribution in [0.3, 0.4) is 0 Å². The van der Waals surface area contributed by atoms with Gasteiger partial charge < -0.3 is 5.11 Å². The molecule has 0 aromatic heterocycles. The Bertz CT molecular complexity index is 627. The van der Waals surface area contributed by atoms with Gasteiger partial charge in [-0.2, -0.15) is 0 Å². The average molecular weight is 338 g/mol. The van der Waals surface area contributed by atoms with Crippen molar-refractivity contribution in [1.29, 1.82) is 0 Å². The first-order valence-electron chi connectivity index (χ1n) is 9.72. The first kappa shape index (κ1) is 18.2. The van der Waals surface area contributed by atoms with Gasteiger partial charge in [0.05, 0.1) is 6.10 Å². The van der Waals surface area contributed by atoms with Gasteiger partial charge in [-0.1, -0.05) is 86.8 Å². The largest absolute Gasteiger partial charge is 0.393 e. The summed E-state index contributed by atoms with van der Waals surface area (Å²) in [5, 5.41) is 11.0. The van der Waals surface area contributed by atoms with E-state index in [0.717, 1.165) is 12.8 Å². The molecular formula is C23H31NO. The summed E-state index contributed by atoms with van der Waals surface area (Å²) in [6.07, 6.45) is 5.34. The van der Waals surface area contributed by atoms with E-state index in [9.17, 15) is 5.11 Å². The zero-order valence-electron chi connectivity index (χ0n) is 15.5. The van der Waals surface area contributed by atoms with Gasteiger partial charge in [-0.3, -0.25) is 4.90 Å². The molecule has 1 fully saturated rings. The zero-order chi connectivity index (χ0) is 17.6. The van der Waals surface area contributed by atoms with Crippen molar-refractivity contribution in [2.75, 3.05) is 7.05 Å². The SMILES string of the molecule is CCCCC[C@@H]1[C@@H](c2ccccc2)N(C)[C@@H](c2ccccc2)C[C@@H]1O. The predicted molar refractivity (Wildman–Crippen MR) is 104 cm³/mol. The number of piperidine rings is 1. The summed E-state index contributed by atoms with van der Waals surface area (Å²) in [7, 11) is 2.23. The molecule has 2 nitrogen and oxygen atoms in total. The van der Waals surface area contributed by atoms with Crippen LogP contribution in [0.25, 0.3) is 0 Å². The fraction of sp³-hybridized carbons (Fsp3) is 0.478. The normalized spacial score (nSPS) is 27.3. The molecule has 2 aromatic carbocycles. The molecule has 1 saturated heterocycles. The molecule has 3 rings (SSSR count). The van der Waals surface area contributed by atoms with E-state index in [1.807, 2.05) is 0 Å². The van der Waals surface area contributed by atoms with Gasteiger partial charge in [0.2, 0.25) is 0 Å². The Hall–Kier alpha value is -1.64. The number of rotatable bonds is 6. The third kappa shape index (κ3) is 4.13. The molecule has 1 aliphatic rings. The molecule has 4 atom stereocenters. The molecule has 25 heavy (non-hydrogen) atoms. The third-order valence-electron chi connectivity index (χ3n) is 5.76. The van der Waals surface area contributed by atoms with Crippen LogP contribution < -0.4 is 0 Å². The molecule has 2 aromatic rings. The summed E-state index contributed by atoms with van der Waals surface area (Å²) in [4.78, 5) is 2.49. The van der Waals surface area contributed by atoms with E-state index in [4.69, 9.17) is 0 Å². The molecule has 134 valence electrons. The summed E-state index contributed by atoms with van der Waals surface area (Å²) in [6, 6.07) is 21.9. The fourth-order valence-electron chi connectivity index (χ4n) is 4.44. The molecule has 2 heteroatoms. The highest BCUT2D eigenvalue weighted by atomic mass is 16.3. The van der Waals surface area contributed by atoms with E-state index in [2.05, 4.69) is 79.5 Å². The van der Waals surface area contributed by atoms with Gasteiger partial charge in [-0.05, 0) is 31.0 Å². The van der Waals surface area contributed by atoms with Crippen LogP contribution in [0.2, 0.25) is 0 Å². The number of unbranched alkanes of at least 4 members (excludes halogenated alkanes) is 2. The summed E-state index contributed by atoms with van der Waals surface area (Å²) in [5.74, 6) is 0.305. The van der Waals surface area contributed by atoms with Crippen LogP contribution in [0, 0.1) is 5.92 Å². The molecule has 0 spiro atoms. The second-order valence-corrected chi connectivity index (χ2v) is 7.41. The number of hydrogen-bond donors (Lipinski definition) is 1. The summed E-state index contributed by atoms with van der Waals surface area (Å²) in [5.41, 5.74) is 2.63. The fourth-order valence-corrected chi connectivity index (χ4v) is 4.44. The third-order valence-corrected chi connectivity index (χ3v) is 5.76. The zero-order valence-corrected chi connectivity index (χ0v) is 15.5. The predicted octanol–water partition coefficient (Wildman–Crippen LogP) is 5.36.